The summed E-state index contributed by atoms with van der Waals surface area (Å²) in [5, 5.41) is 2.58. The van der Waals surface area contributed by atoms with E-state index in [2.05, 4.69) is 77.9 Å². The zero-order valence-electron chi connectivity index (χ0n) is 10.8. The first-order valence-corrected chi connectivity index (χ1v) is 7.07. The molecule has 1 nitrogen and oxygen atoms in total. The van der Waals surface area contributed by atoms with Gasteiger partial charge in [0.1, 0.15) is 0 Å². The zero-order valence-corrected chi connectivity index (χ0v) is 11.7. The van der Waals surface area contributed by atoms with Crippen molar-refractivity contribution in [3.05, 3.63) is 72.8 Å². The second-order valence-electron chi connectivity index (χ2n) is 4.89. The van der Waals surface area contributed by atoms with E-state index in [4.69, 9.17) is 0 Å². The van der Waals surface area contributed by atoms with Crippen molar-refractivity contribution in [2.24, 2.45) is 0 Å². The largest absolute Gasteiger partial charge is 0.309 e. The highest BCUT2D eigenvalue weighted by Crippen LogP contribution is 2.31. The van der Waals surface area contributed by atoms with Gasteiger partial charge in [-0.1, -0.05) is 36.4 Å². The molecule has 4 rings (SSSR count). The summed E-state index contributed by atoms with van der Waals surface area (Å²) >= 11 is 4.37. The molecule has 0 bridgehead atoms. The van der Waals surface area contributed by atoms with Crippen LogP contribution in [0.4, 0.5) is 0 Å². The zero-order chi connectivity index (χ0) is 13.5. The van der Waals surface area contributed by atoms with Crippen LogP contribution in [0.3, 0.4) is 0 Å². The molecule has 0 saturated heterocycles. The predicted octanol–water partition coefficient (Wildman–Crippen LogP) is 5.07. The highest BCUT2D eigenvalue weighted by Gasteiger charge is 2.10. The fourth-order valence-electron chi connectivity index (χ4n) is 2.80. The van der Waals surface area contributed by atoms with Crippen LogP contribution in [0.1, 0.15) is 0 Å². The van der Waals surface area contributed by atoms with Gasteiger partial charge in [-0.2, -0.15) is 0 Å². The number of hydrogen-bond acceptors (Lipinski definition) is 1. The van der Waals surface area contributed by atoms with Crippen molar-refractivity contribution in [2.75, 3.05) is 0 Å². The lowest BCUT2D eigenvalue weighted by Crippen LogP contribution is -1.92. The number of aromatic nitrogens is 1. The first kappa shape index (κ1) is 11.6. The normalized spacial score (nSPS) is 11.2. The van der Waals surface area contributed by atoms with Crippen molar-refractivity contribution in [1.29, 1.82) is 0 Å². The van der Waals surface area contributed by atoms with Crippen molar-refractivity contribution >= 4 is 34.4 Å². The van der Waals surface area contributed by atoms with Gasteiger partial charge >= 0.3 is 0 Å². The number of rotatable bonds is 1. The van der Waals surface area contributed by atoms with Gasteiger partial charge in [-0.3, -0.25) is 0 Å². The van der Waals surface area contributed by atoms with Gasteiger partial charge in [-0.25, -0.2) is 0 Å². The van der Waals surface area contributed by atoms with E-state index in [9.17, 15) is 0 Å². The summed E-state index contributed by atoms with van der Waals surface area (Å²) in [5.41, 5.74) is 3.64. The third-order valence-electron chi connectivity index (χ3n) is 3.69. The molecule has 0 aliphatic carbocycles. The van der Waals surface area contributed by atoms with Gasteiger partial charge in [0.05, 0.1) is 11.0 Å². The van der Waals surface area contributed by atoms with Crippen LogP contribution >= 0.6 is 12.6 Å². The predicted molar refractivity (Wildman–Crippen MR) is 88.0 cm³/mol. The molecular weight excluding hydrogens is 262 g/mol. The Balaban J connectivity index is 2.17. The molecule has 1 aromatic heterocycles. The van der Waals surface area contributed by atoms with Crippen LogP contribution in [-0.2, 0) is 0 Å². The van der Waals surface area contributed by atoms with Crippen molar-refractivity contribution in [2.45, 2.75) is 4.90 Å². The van der Waals surface area contributed by atoms with Crippen LogP contribution in [0, 0.1) is 0 Å². The molecule has 4 aromatic rings. The first-order valence-electron chi connectivity index (χ1n) is 6.62. The van der Waals surface area contributed by atoms with E-state index in [0.717, 1.165) is 4.90 Å². The maximum Gasteiger partial charge on any atom is 0.0541 e. The fraction of sp³-hybridized carbons (Fsp3) is 0. The number of hydrogen-bond donors (Lipinski definition) is 1. The van der Waals surface area contributed by atoms with E-state index in [1.807, 2.05) is 12.1 Å². The summed E-state index contributed by atoms with van der Waals surface area (Å²) in [5.74, 6) is 0. The summed E-state index contributed by atoms with van der Waals surface area (Å²) < 4.78 is 2.30. The maximum atomic E-state index is 4.37. The molecule has 0 aliphatic heterocycles. The number of nitrogens with zero attached hydrogens (tertiary/aromatic N) is 1. The van der Waals surface area contributed by atoms with Gasteiger partial charge in [0.25, 0.3) is 0 Å². The standard InChI is InChI=1S/C18H13NS/c20-14-11-9-13(10-12-14)19-17-7-3-1-5-15(17)16-6-2-4-8-18(16)19/h1-12,20H. The Hall–Kier alpha value is -2.19. The van der Waals surface area contributed by atoms with Gasteiger partial charge < -0.3 is 4.57 Å². The molecule has 0 saturated carbocycles. The first-order chi connectivity index (χ1) is 9.84. The van der Waals surface area contributed by atoms with E-state index in [0.29, 0.717) is 0 Å². The second-order valence-corrected chi connectivity index (χ2v) is 5.40. The topological polar surface area (TPSA) is 4.93 Å². The molecule has 0 aliphatic rings. The van der Waals surface area contributed by atoms with Crippen LogP contribution in [0.15, 0.2) is 77.7 Å². The number of benzene rings is 3. The van der Waals surface area contributed by atoms with E-state index in [1.165, 1.54) is 27.5 Å². The lowest BCUT2D eigenvalue weighted by molar-refractivity contribution is 1.17. The smallest absolute Gasteiger partial charge is 0.0541 e. The third kappa shape index (κ3) is 1.65. The molecule has 0 spiro atoms. The molecule has 0 radical (unpaired) electrons. The molecular formula is C18H13NS. The van der Waals surface area contributed by atoms with E-state index < -0.39 is 0 Å². The minimum Gasteiger partial charge on any atom is -0.309 e. The maximum absolute atomic E-state index is 4.37. The van der Waals surface area contributed by atoms with Crippen LogP contribution < -0.4 is 0 Å². The van der Waals surface area contributed by atoms with Crippen molar-refractivity contribution in [3.8, 4) is 5.69 Å². The number of para-hydroxylation sites is 2. The molecule has 0 amide bonds. The Morgan fingerprint density at radius 3 is 1.65 bits per heavy atom. The Labute approximate surface area is 122 Å². The highest BCUT2D eigenvalue weighted by molar-refractivity contribution is 7.80. The minimum atomic E-state index is 0.981. The molecule has 1 heterocycles. The van der Waals surface area contributed by atoms with E-state index in [-0.39, 0.29) is 0 Å². The van der Waals surface area contributed by atoms with Gasteiger partial charge in [0.2, 0.25) is 0 Å². The molecule has 0 atom stereocenters. The molecule has 0 unspecified atom stereocenters. The van der Waals surface area contributed by atoms with Crippen LogP contribution in [0.25, 0.3) is 27.5 Å². The van der Waals surface area contributed by atoms with Gasteiger partial charge in [0.15, 0.2) is 0 Å². The Bertz CT molecular complexity index is 850. The van der Waals surface area contributed by atoms with Crippen molar-refractivity contribution in [1.82, 2.24) is 4.57 Å². The molecule has 0 fully saturated rings. The lowest BCUT2D eigenvalue weighted by Gasteiger charge is -2.07. The molecule has 2 heteroatoms. The average molecular weight is 275 g/mol. The van der Waals surface area contributed by atoms with E-state index >= 15 is 0 Å². The highest BCUT2D eigenvalue weighted by atomic mass is 32.1. The Morgan fingerprint density at radius 1 is 0.600 bits per heavy atom. The number of thiol groups is 1. The Morgan fingerprint density at radius 2 is 1.10 bits per heavy atom. The van der Waals surface area contributed by atoms with E-state index in [1.54, 1.807) is 0 Å². The fourth-order valence-corrected chi connectivity index (χ4v) is 2.95. The molecule has 96 valence electrons. The molecule has 3 aromatic carbocycles. The summed E-state index contributed by atoms with van der Waals surface area (Å²) in [4.78, 5) is 0.981. The van der Waals surface area contributed by atoms with Gasteiger partial charge in [-0.05, 0) is 36.4 Å². The molecule has 0 N–H and O–H groups in total. The van der Waals surface area contributed by atoms with Crippen molar-refractivity contribution in [3.63, 3.8) is 0 Å². The summed E-state index contributed by atoms with van der Waals surface area (Å²) in [7, 11) is 0. The summed E-state index contributed by atoms with van der Waals surface area (Å²) in [6.07, 6.45) is 0. The monoisotopic (exact) mass is 275 g/mol. The van der Waals surface area contributed by atoms with Gasteiger partial charge in [0, 0.05) is 21.4 Å². The SMILES string of the molecule is Sc1ccc(-n2c3ccccc3c3ccccc32)cc1. The quantitative estimate of drug-likeness (QED) is 0.463. The summed E-state index contributed by atoms with van der Waals surface area (Å²) in [6.45, 7) is 0. The average Bonchev–Trinajstić information content (AvgIpc) is 2.83. The van der Waals surface area contributed by atoms with Crippen LogP contribution in [0.2, 0.25) is 0 Å². The minimum absolute atomic E-state index is 0.981. The van der Waals surface area contributed by atoms with Gasteiger partial charge in [-0.15, -0.1) is 12.6 Å². The van der Waals surface area contributed by atoms with Crippen molar-refractivity contribution < 1.29 is 0 Å². The lowest BCUT2D eigenvalue weighted by atomic mass is 10.2. The van der Waals surface area contributed by atoms with Crippen LogP contribution in [-0.4, -0.2) is 4.57 Å². The second kappa shape index (κ2) is 4.43. The van der Waals surface area contributed by atoms with Crippen LogP contribution in [0.5, 0.6) is 0 Å². The third-order valence-corrected chi connectivity index (χ3v) is 3.99. The summed E-state index contributed by atoms with van der Waals surface area (Å²) in [6, 6.07) is 25.4. The number of fused-ring (bicyclic) bond motifs is 3. The Kier molecular flexibility index (Phi) is 2.57. The molecule has 20 heavy (non-hydrogen) atoms.